The molecule has 0 aliphatic heterocycles. The summed E-state index contributed by atoms with van der Waals surface area (Å²) in [7, 11) is 0. The molecule has 2 rings (SSSR count). The van der Waals surface area contributed by atoms with E-state index in [2.05, 4.69) is 15.5 Å². The average molecular weight is 341 g/mol. The minimum Gasteiger partial charge on any atom is -0.490 e. The number of hydrogen-bond acceptors (Lipinski definition) is 5. The molecule has 0 fully saturated rings. The van der Waals surface area contributed by atoms with Crippen LogP contribution in [0.5, 0.6) is 11.5 Å². The van der Waals surface area contributed by atoms with Gasteiger partial charge in [0.05, 0.1) is 25.3 Å². The zero-order valence-corrected chi connectivity index (χ0v) is 14.8. The third kappa shape index (κ3) is 5.60. The standard InChI is InChI=1S/C19H23N3O3/c1-4-24-17-9-8-15(11-18(17)25-5-2)12-19(23)22-21-14(3)16-7-6-10-20-13-16/h6-11,13H,4-5,12H2,1-3H3,(H,22,23)/b21-14-. The maximum Gasteiger partial charge on any atom is 0.244 e. The van der Waals surface area contributed by atoms with Crippen molar-refractivity contribution in [1.82, 2.24) is 10.4 Å². The molecule has 0 atom stereocenters. The summed E-state index contributed by atoms with van der Waals surface area (Å²) in [5, 5.41) is 4.12. The predicted octanol–water partition coefficient (Wildman–Crippen LogP) is 2.96. The number of carbonyl (C=O) groups excluding carboxylic acids is 1. The van der Waals surface area contributed by atoms with Gasteiger partial charge in [-0.3, -0.25) is 9.78 Å². The second-order valence-electron chi connectivity index (χ2n) is 5.30. The number of aromatic nitrogens is 1. The molecule has 132 valence electrons. The van der Waals surface area contributed by atoms with E-state index in [0.29, 0.717) is 30.4 Å². The summed E-state index contributed by atoms with van der Waals surface area (Å²) in [6.07, 6.45) is 3.60. The topological polar surface area (TPSA) is 72.8 Å². The molecular weight excluding hydrogens is 318 g/mol. The van der Waals surface area contributed by atoms with Crippen LogP contribution in [0.1, 0.15) is 31.9 Å². The number of hydrogen-bond donors (Lipinski definition) is 1. The SMILES string of the molecule is CCOc1ccc(CC(=O)N/N=C(/C)c2cccnc2)cc1OCC. The van der Waals surface area contributed by atoms with Crippen LogP contribution in [0.2, 0.25) is 0 Å². The fourth-order valence-corrected chi connectivity index (χ4v) is 2.22. The molecule has 0 unspecified atom stereocenters. The molecule has 1 aromatic carbocycles. The first-order valence-electron chi connectivity index (χ1n) is 8.26. The molecule has 0 bridgehead atoms. The Bertz CT molecular complexity index is 730. The van der Waals surface area contributed by atoms with Crippen molar-refractivity contribution in [2.24, 2.45) is 5.10 Å². The molecule has 1 amide bonds. The maximum atomic E-state index is 12.1. The number of amides is 1. The number of hydrazone groups is 1. The maximum absolute atomic E-state index is 12.1. The summed E-state index contributed by atoms with van der Waals surface area (Å²) in [6, 6.07) is 9.21. The highest BCUT2D eigenvalue weighted by Gasteiger charge is 2.09. The van der Waals surface area contributed by atoms with Gasteiger partial charge in [-0.05, 0) is 44.5 Å². The van der Waals surface area contributed by atoms with Gasteiger partial charge in [-0.15, -0.1) is 0 Å². The first-order valence-corrected chi connectivity index (χ1v) is 8.26. The lowest BCUT2D eigenvalue weighted by Crippen LogP contribution is -2.21. The van der Waals surface area contributed by atoms with Gasteiger partial charge in [-0.2, -0.15) is 5.10 Å². The first-order chi connectivity index (χ1) is 12.1. The number of pyridine rings is 1. The van der Waals surface area contributed by atoms with Crippen LogP contribution in [0.15, 0.2) is 47.8 Å². The summed E-state index contributed by atoms with van der Waals surface area (Å²) in [6.45, 7) is 6.73. The van der Waals surface area contributed by atoms with Gasteiger partial charge in [-0.1, -0.05) is 12.1 Å². The van der Waals surface area contributed by atoms with E-state index < -0.39 is 0 Å². The van der Waals surface area contributed by atoms with E-state index in [9.17, 15) is 4.79 Å². The van der Waals surface area contributed by atoms with E-state index in [4.69, 9.17) is 9.47 Å². The minimum atomic E-state index is -0.199. The number of ether oxygens (including phenoxy) is 2. The van der Waals surface area contributed by atoms with Gasteiger partial charge in [0.15, 0.2) is 11.5 Å². The molecule has 2 aromatic rings. The molecule has 0 saturated heterocycles. The van der Waals surface area contributed by atoms with Gasteiger partial charge < -0.3 is 9.47 Å². The third-order valence-electron chi connectivity index (χ3n) is 3.40. The fraction of sp³-hybridized carbons (Fsp3) is 0.316. The van der Waals surface area contributed by atoms with E-state index in [0.717, 1.165) is 11.1 Å². The molecular formula is C19H23N3O3. The second kappa shape index (κ2) is 9.42. The van der Waals surface area contributed by atoms with Crippen molar-refractivity contribution in [3.8, 4) is 11.5 Å². The van der Waals surface area contributed by atoms with Crippen LogP contribution in [0.3, 0.4) is 0 Å². The minimum absolute atomic E-state index is 0.199. The predicted molar refractivity (Wildman–Crippen MR) is 97.1 cm³/mol. The highest BCUT2D eigenvalue weighted by Crippen LogP contribution is 2.28. The van der Waals surface area contributed by atoms with Crippen molar-refractivity contribution in [1.29, 1.82) is 0 Å². The van der Waals surface area contributed by atoms with Crippen molar-refractivity contribution in [3.63, 3.8) is 0 Å². The van der Waals surface area contributed by atoms with Gasteiger partial charge in [0, 0.05) is 18.0 Å². The lowest BCUT2D eigenvalue weighted by atomic mass is 10.1. The molecule has 6 heteroatoms. The Hall–Kier alpha value is -2.89. The van der Waals surface area contributed by atoms with Crippen molar-refractivity contribution in [2.45, 2.75) is 27.2 Å². The van der Waals surface area contributed by atoms with Crippen molar-refractivity contribution in [2.75, 3.05) is 13.2 Å². The van der Waals surface area contributed by atoms with Gasteiger partial charge in [-0.25, -0.2) is 5.43 Å². The summed E-state index contributed by atoms with van der Waals surface area (Å²) in [5.74, 6) is 1.12. The van der Waals surface area contributed by atoms with Crippen LogP contribution in [-0.2, 0) is 11.2 Å². The number of nitrogens with zero attached hydrogens (tertiary/aromatic N) is 2. The number of carbonyl (C=O) groups is 1. The summed E-state index contributed by atoms with van der Waals surface area (Å²) >= 11 is 0. The Labute approximate surface area is 147 Å². The van der Waals surface area contributed by atoms with Gasteiger partial charge >= 0.3 is 0 Å². The largest absolute Gasteiger partial charge is 0.490 e. The molecule has 25 heavy (non-hydrogen) atoms. The van der Waals surface area contributed by atoms with Crippen LogP contribution in [0.4, 0.5) is 0 Å². The number of benzene rings is 1. The summed E-state index contributed by atoms with van der Waals surface area (Å²) in [4.78, 5) is 16.2. The quantitative estimate of drug-likeness (QED) is 0.592. The molecule has 0 aliphatic carbocycles. The molecule has 6 nitrogen and oxygen atoms in total. The highest BCUT2D eigenvalue weighted by atomic mass is 16.5. The third-order valence-corrected chi connectivity index (χ3v) is 3.40. The van der Waals surface area contributed by atoms with Crippen molar-refractivity contribution < 1.29 is 14.3 Å². The molecule has 1 N–H and O–H groups in total. The van der Waals surface area contributed by atoms with E-state index >= 15 is 0 Å². The van der Waals surface area contributed by atoms with Gasteiger partial charge in [0.2, 0.25) is 5.91 Å². The smallest absolute Gasteiger partial charge is 0.244 e. The van der Waals surface area contributed by atoms with Gasteiger partial charge in [0.1, 0.15) is 0 Å². The van der Waals surface area contributed by atoms with Gasteiger partial charge in [0.25, 0.3) is 0 Å². The molecule has 1 aromatic heterocycles. The Morgan fingerprint density at radius 3 is 2.60 bits per heavy atom. The van der Waals surface area contributed by atoms with Crippen molar-refractivity contribution >= 4 is 11.6 Å². The van der Waals surface area contributed by atoms with E-state index in [1.807, 2.05) is 51.1 Å². The molecule has 1 heterocycles. The summed E-state index contributed by atoms with van der Waals surface area (Å²) < 4.78 is 11.1. The zero-order valence-electron chi connectivity index (χ0n) is 14.8. The lowest BCUT2D eigenvalue weighted by Gasteiger charge is -2.12. The van der Waals surface area contributed by atoms with E-state index in [1.165, 1.54) is 0 Å². The Morgan fingerprint density at radius 2 is 1.92 bits per heavy atom. The molecule has 0 saturated carbocycles. The lowest BCUT2D eigenvalue weighted by molar-refractivity contribution is -0.120. The Kier molecular flexibility index (Phi) is 6.95. The second-order valence-corrected chi connectivity index (χ2v) is 5.30. The van der Waals surface area contributed by atoms with Crippen LogP contribution < -0.4 is 14.9 Å². The van der Waals surface area contributed by atoms with E-state index in [1.54, 1.807) is 12.4 Å². The van der Waals surface area contributed by atoms with Crippen LogP contribution in [-0.4, -0.2) is 29.8 Å². The van der Waals surface area contributed by atoms with Crippen LogP contribution in [0.25, 0.3) is 0 Å². The Balaban J connectivity index is 2.01. The number of nitrogens with one attached hydrogen (secondary N) is 1. The zero-order chi connectivity index (χ0) is 18.1. The average Bonchev–Trinajstić information content (AvgIpc) is 2.63. The monoisotopic (exact) mass is 341 g/mol. The number of rotatable bonds is 8. The fourth-order valence-electron chi connectivity index (χ4n) is 2.22. The van der Waals surface area contributed by atoms with Crippen molar-refractivity contribution in [3.05, 3.63) is 53.9 Å². The van der Waals surface area contributed by atoms with E-state index in [-0.39, 0.29) is 12.3 Å². The molecule has 0 spiro atoms. The summed E-state index contributed by atoms with van der Waals surface area (Å²) in [5.41, 5.74) is 4.96. The molecule has 0 aliphatic rings. The Morgan fingerprint density at radius 1 is 1.16 bits per heavy atom. The molecule has 0 radical (unpaired) electrons. The van der Waals surface area contributed by atoms with Crippen LogP contribution in [0, 0.1) is 0 Å². The highest BCUT2D eigenvalue weighted by molar-refractivity contribution is 5.99. The normalized spacial score (nSPS) is 11.1. The first kappa shape index (κ1) is 18.4. The van der Waals surface area contributed by atoms with Crippen LogP contribution >= 0.6 is 0 Å².